The maximum Gasteiger partial charge on any atom is 0.334 e. The molecular weight excluding hydrogens is 228 g/mol. The number of fused-ring (bicyclic) bond motifs is 2. The molecule has 0 bridgehead atoms. The second kappa shape index (κ2) is 3.56. The van der Waals surface area contributed by atoms with E-state index in [0.717, 1.165) is 29.6 Å². The summed E-state index contributed by atoms with van der Waals surface area (Å²) in [7, 11) is 0. The highest BCUT2D eigenvalue weighted by molar-refractivity contribution is 5.93. The van der Waals surface area contributed by atoms with Crippen LogP contribution >= 0.6 is 0 Å². The molecule has 0 amide bonds. The van der Waals surface area contributed by atoms with E-state index in [4.69, 9.17) is 4.74 Å². The molecule has 3 aliphatic rings. The molecule has 3 unspecified atom stereocenters. The van der Waals surface area contributed by atoms with E-state index in [1.807, 2.05) is 13.8 Å². The number of hydrogen-bond acceptors (Lipinski definition) is 3. The molecule has 0 aromatic heterocycles. The van der Waals surface area contributed by atoms with Gasteiger partial charge < -0.3 is 4.74 Å². The lowest BCUT2D eigenvalue weighted by atomic mass is 9.58. The fourth-order valence-electron chi connectivity index (χ4n) is 3.85. The lowest BCUT2D eigenvalue weighted by molar-refractivity contribution is -0.142. The molecule has 0 N–H and O–H groups in total. The Kier molecular flexibility index (Phi) is 2.31. The molecule has 0 saturated heterocycles. The van der Waals surface area contributed by atoms with Crippen LogP contribution in [0.2, 0.25) is 0 Å². The minimum atomic E-state index is -0.176. The largest absolute Gasteiger partial charge is 0.454 e. The summed E-state index contributed by atoms with van der Waals surface area (Å²) in [5, 5.41) is 0. The van der Waals surface area contributed by atoms with Gasteiger partial charge in [0.1, 0.15) is 6.10 Å². The highest BCUT2D eigenvalue weighted by Gasteiger charge is 2.49. The van der Waals surface area contributed by atoms with Gasteiger partial charge in [0.25, 0.3) is 0 Å². The summed E-state index contributed by atoms with van der Waals surface area (Å²) in [5.41, 5.74) is 3.05. The van der Waals surface area contributed by atoms with Crippen molar-refractivity contribution in [2.24, 2.45) is 11.3 Å². The SMILES string of the molecule is CC1=CC(=O)CC2(C)CC3OC(=O)C(C)=C3CC12. The summed E-state index contributed by atoms with van der Waals surface area (Å²) in [6.45, 7) is 6.05. The summed E-state index contributed by atoms with van der Waals surface area (Å²) in [5.74, 6) is 0.413. The van der Waals surface area contributed by atoms with Gasteiger partial charge in [0.2, 0.25) is 0 Å². The summed E-state index contributed by atoms with van der Waals surface area (Å²) < 4.78 is 5.42. The van der Waals surface area contributed by atoms with Gasteiger partial charge in [-0.3, -0.25) is 4.79 Å². The minimum Gasteiger partial charge on any atom is -0.454 e. The third-order valence-electron chi connectivity index (χ3n) is 4.86. The molecule has 3 rings (SSSR count). The van der Waals surface area contributed by atoms with Gasteiger partial charge in [-0.05, 0) is 49.7 Å². The zero-order valence-electron chi connectivity index (χ0n) is 11.1. The van der Waals surface area contributed by atoms with Crippen LogP contribution in [-0.4, -0.2) is 17.9 Å². The Hall–Kier alpha value is -1.38. The first kappa shape index (κ1) is 11.7. The van der Waals surface area contributed by atoms with Crippen LogP contribution in [0.25, 0.3) is 0 Å². The molecular formula is C15H18O3. The molecule has 1 heterocycles. The molecule has 1 saturated carbocycles. The lowest BCUT2D eigenvalue weighted by Crippen LogP contribution is -2.42. The van der Waals surface area contributed by atoms with Gasteiger partial charge in [-0.1, -0.05) is 12.5 Å². The van der Waals surface area contributed by atoms with E-state index in [1.165, 1.54) is 0 Å². The zero-order valence-corrected chi connectivity index (χ0v) is 11.1. The Labute approximate surface area is 107 Å². The highest BCUT2D eigenvalue weighted by Crippen LogP contribution is 2.53. The number of esters is 1. The van der Waals surface area contributed by atoms with E-state index in [0.29, 0.717) is 12.3 Å². The lowest BCUT2D eigenvalue weighted by Gasteiger charge is -2.46. The quantitative estimate of drug-likeness (QED) is 0.617. The molecule has 0 radical (unpaired) electrons. The van der Waals surface area contributed by atoms with Gasteiger partial charge in [-0.25, -0.2) is 4.79 Å². The monoisotopic (exact) mass is 246 g/mol. The topological polar surface area (TPSA) is 43.4 Å². The van der Waals surface area contributed by atoms with Crippen molar-refractivity contribution in [1.29, 1.82) is 0 Å². The number of hydrogen-bond donors (Lipinski definition) is 0. The van der Waals surface area contributed by atoms with Crippen molar-refractivity contribution in [3.63, 3.8) is 0 Å². The zero-order chi connectivity index (χ0) is 13.1. The molecule has 0 spiro atoms. The van der Waals surface area contributed by atoms with Crippen LogP contribution in [0.1, 0.15) is 40.0 Å². The number of carbonyl (C=O) groups is 2. The molecule has 1 fully saturated rings. The van der Waals surface area contributed by atoms with E-state index < -0.39 is 0 Å². The number of allylic oxidation sites excluding steroid dienone is 2. The van der Waals surface area contributed by atoms with E-state index in [9.17, 15) is 9.59 Å². The summed E-state index contributed by atoms with van der Waals surface area (Å²) in [6, 6.07) is 0. The first-order valence-corrected chi connectivity index (χ1v) is 6.52. The van der Waals surface area contributed by atoms with Gasteiger partial charge >= 0.3 is 5.97 Å². The fourth-order valence-corrected chi connectivity index (χ4v) is 3.85. The Morgan fingerprint density at radius 3 is 2.78 bits per heavy atom. The summed E-state index contributed by atoms with van der Waals surface area (Å²) in [6.07, 6.45) is 3.93. The Balaban J connectivity index is 2.02. The van der Waals surface area contributed by atoms with E-state index in [1.54, 1.807) is 6.08 Å². The number of ether oxygens (including phenoxy) is 1. The van der Waals surface area contributed by atoms with Gasteiger partial charge in [0.15, 0.2) is 5.78 Å². The van der Waals surface area contributed by atoms with Crippen LogP contribution in [0.3, 0.4) is 0 Å². The van der Waals surface area contributed by atoms with Gasteiger partial charge in [-0.15, -0.1) is 0 Å². The smallest absolute Gasteiger partial charge is 0.334 e. The van der Waals surface area contributed by atoms with Gasteiger partial charge in [0.05, 0.1) is 0 Å². The maximum absolute atomic E-state index is 11.8. The van der Waals surface area contributed by atoms with Crippen molar-refractivity contribution in [2.45, 2.75) is 46.1 Å². The third kappa shape index (κ3) is 1.49. The van der Waals surface area contributed by atoms with Crippen LogP contribution in [0, 0.1) is 11.3 Å². The Bertz CT molecular complexity index is 512. The molecule has 2 aliphatic carbocycles. The summed E-state index contributed by atoms with van der Waals surface area (Å²) in [4.78, 5) is 23.4. The Morgan fingerprint density at radius 2 is 2.06 bits per heavy atom. The van der Waals surface area contributed by atoms with Crippen molar-refractivity contribution in [1.82, 2.24) is 0 Å². The predicted molar refractivity (Wildman–Crippen MR) is 66.8 cm³/mol. The second-order valence-corrected chi connectivity index (χ2v) is 6.19. The van der Waals surface area contributed by atoms with E-state index >= 15 is 0 Å². The van der Waals surface area contributed by atoms with Gasteiger partial charge in [0, 0.05) is 12.0 Å². The van der Waals surface area contributed by atoms with Crippen LogP contribution < -0.4 is 0 Å². The average molecular weight is 246 g/mol. The molecule has 0 aromatic carbocycles. The number of ketones is 1. The minimum absolute atomic E-state index is 0.0466. The van der Waals surface area contributed by atoms with Crippen molar-refractivity contribution >= 4 is 11.8 Å². The third-order valence-corrected chi connectivity index (χ3v) is 4.86. The van der Waals surface area contributed by atoms with Gasteiger partial charge in [-0.2, -0.15) is 0 Å². The fraction of sp³-hybridized carbons (Fsp3) is 0.600. The standard InChI is InChI=1S/C15H18O3/c1-8-4-10(16)6-15(3)7-13-11(5-12(8)15)9(2)14(17)18-13/h4,12-13H,5-7H2,1-3H3. The average Bonchev–Trinajstić information content (AvgIpc) is 2.50. The van der Waals surface area contributed by atoms with Crippen molar-refractivity contribution in [2.75, 3.05) is 0 Å². The highest BCUT2D eigenvalue weighted by atomic mass is 16.5. The molecule has 3 atom stereocenters. The van der Waals surface area contributed by atoms with E-state index in [2.05, 4.69) is 6.92 Å². The van der Waals surface area contributed by atoms with Crippen LogP contribution in [0.5, 0.6) is 0 Å². The first-order chi connectivity index (χ1) is 8.40. The maximum atomic E-state index is 11.8. The molecule has 3 nitrogen and oxygen atoms in total. The van der Waals surface area contributed by atoms with Crippen molar-refractivity contribution < 1.29 is 14.3 Å². The van der Waals surface area contributed by atoms with Crippen molar-refractivity contribution in [3.8, 4) is 0 Å². The predicted octanol–water partition coefficient (Wildman–Crippen LogP) is 2.56. The van der Waals surface area contributed by atoms with Crippen LogP contribution in [0.4, 0.5) is 0 Å². The molecule has 3 heteroatoms. The molecule has 0 aromatic rings. The van der Waals surface area contributed by atoms with Crippen LogP contribution in [0.15, 0.2) is 22.8 Å². The second-order valence-electron chi connectivity index (χ2n) is 6.19. The molecule has 1 aliphatic heterocycles. The molecule has 18 heavy (non-hydrogen) atoms. The number of carbonyl (C=O) groups excluding carboxylic acids is 2. The van der Waals surface area contributed by atoms with E-state index in [-0.39, 0.29) is 23.3 Å². The number of rotatable bonds is 0. The van der Waals surface area contributed by atoms with Crippen LogP contribution in [-0.2, 0) is 14.3 Å². The summed E-state index contributed by atoms with van der Waals surface area (Å²) >= 11 is 0. The normalized spacial score (nSPS) is 39.2. The first-order valence-electron chi connectivity index (χ1n) is 6.52. The Morgan fingerprint density at radius 1 is 1.33 bits per heavy atom. The molecule has 96 valence electrons. The van der Waals surface area contributed by atoms with Crippen molar-refractivity contribution in [3.05, 3.63) is 22.8 Å².